The van der Waals surface area contributed by atoms with Crippen LogP contribution in [0, 0.1) is 0 Å². The summed E-state index contributed by atoms with van der Waals surface area (Å²) in [4.78, 5) is 2.38. The number of nitrogens with two attached hydrogens (primary N) is 2. The zero-order chi connectivity index (χ0) is 13.7. The van der Waals surface area contributed by atoms with E-state index in [1.807, 2.05) is 24.3 Å². The van der Waals surface area contributed by atoms with E-state index in [0.29, 0.717) is 11.4 Å². The molecular formula is C16H21N3. The summed E-state index contributed by atoms with van der Waals surface area (Å²) in [5.74, 6) is 0. The lowest BCUT2D eigenvalue weighted by atomic mass is 10.1. The molecule has 2 rings (SSSR count). The Morgan fingerprint density at radius 1 is 0.842 bits per heavy atom. The molecule has 0 unspecified atom stereocenters. The first-order valence-electron chi connectivity index (χ1n) is 6.59. The Morgan fingerprint density at radius 2 is 1.53 bits per heavy atom. The summed E-state index contributed by atoms with van der Waals surface area (Å²) in [7, 11) is 0. The molecule has 0 amide bonds. The van der Waals surface area contributed by atoms with E-state index in [4.69, 9.17) is 11.5 Å². The molecule has 0 spiro atoms. The minimum absolute atomic E-state index is 0.648. The van der Waals surface area contributed by atoms with E-state index in [0.717, 1.165) is 19.6 Å². The normalized spacial score (nSPS) is 10.8. The summed E-state index contributed by atoms with van der Waals surface area (Å²) < 4.78 is 0. The molecule has 2 aromatic carbocycles. The molecule has 0 bridgehead atoms. The van der Waals surface area contributed by atoms with Crippen LogP contribution in [0.15, 0.2) is 48.5 Å². The number of anilines is 2. The van der Waals surface area contributed by atoms with Gasteiger partial charge in [0.2, 0.25) is 0 Å². The van der Waals surface area contributed by atoms with Gasteiger partial charge in [-0.25, -0.2) is 0 Å². The van der Waals surface area contributed by atoms with Crippen molar-refractivity contribution in [3.8, 4) is 0 Å². The number of rotatable bonds is 5. The standard InChI is InChI=1S/C16H21N3/c1-2-19(11-13-6-4-3-5-7-13)12-14-8-9-15(17)16(18)10-14/h3-10H,2,11-12,17-18H2,1H3. The van der Waals surface area contributed by atoms with E-state index in [2.05, 4.69) is 36.1 Å². The third-order valence-electron chi connectivity index (χ3n) is 3.25. The lowest BCUT2D eigenvalue weighted by Gasteiger charge is -2.21. The van der Waals surface area contributed by atoms with Crippen LogP contribution in [-0.4, -0.2) is 11.4 Å². The highest BCUT2D eigenvalue weighted by atomic mass is 15.1. The molecule has 3 nitrogen and oxygen atoms in total. The quantitative estimate of drug-likeness (QED) is 0.808. The van der Waals surface area contributed by atoms with Gasteiger partial charge in [-0.15, -0.1) is 0 Å². The summed E-state index contributed by atoms with van der Waals surface area (Å²) >= 11 is 0. The molecule has 100 valence electrons. The molecule has 0 fully saturated rings. The topological polar surface area (TPSA) is 55.3 Å². The average Bonchev–Trinajstić information content (AvgIpc) is 2.43. The highest BCUT2D eigenvalue weighted by molar-refractivity contribution is 5.63. The Balaban J connectivity index is 2.04. The summed E-state index contributed by atoms with van der Waals surface area (Å²) in [6, 6.07) is 16.4. The van der Waals surface area contributed by atoms with Crippen LogP contribution < -0.4 is 11.5 Å². The molecule has 0 saturated carbocycles. The van der Waals surface area contributed by atoms with Gasteiger partial charge in [-0.3, -0.25) is 4.90 Å². The van der Waals surface area contributed by atoms with Crippen molar-refractivity contribution in [3.05, 3.63) is 59.7 Å². The number of nitrogen functional groups attached to an aromatic ring is 2. The zero-order valence-electron chi connectivity index (χ0n) is 11.3. The van der Waals surface area contributed by atoms with Crippen molar-refractivity contribution in [2.75, 3.05) is 18.0 Å². The summed E-state index contributed by atoms with van der Waals surface area (Å²) in [5, 5.41) is 0. The van der Waals surface area contributed by atoms with E-state index in [9.17, 15) is 0 Å². The number of hydrogen-bond donors (Lipinski definition) is 2. The monoisotopic (exact) mass is 255 g/mol. The molecule has 4 N–H and O–H groups in total. The fourth-order valence-electron chi connectivity index (χ4n) is 2.10. The Bertz CT molecular complexity index is 523. The van der Waals surface area contributed by atoms with Gasteiger partial charge >= 0.3 is 0 Å². The maximum atomic E-state index is 5.85. The highest BCUT2D eigenvalue weighted by Crippen LogP contribution is 2.18. The fraction of sp³-hybridized carbons (Fsp3) is 0.250. The minimum Gasteiger partial charge on any atom is -0.397 e. The number of benzene rings is 2. The van der Waals surface area contributed by atoms with Crippen molar-refractivity contribution in [1.82, 2.24) is 4.90 Å². The second-order valence-electron chi connectivity index (χ2n) is 4.75. The second-order valence-corrected chi connectivity index (χ2v) is 4.75. The molecule has 19 heavy (non-hydrogen) atoms. The lowest BCUT2D eigenvalue weighted by molar-refractivity contribution is 0.271. The Labute approximate surface area is 114 Å². The van der Waals surface area contributed by atoms with Crippen molar-refractivity contribution < 1.29 is 0 Å². The van der Waals surface area contributed by atoms with Crippen LogP contribution in [0.3, 0.4) is 0 Å². The Hall–Kier alpha value is -2.00. The molecule has 0 heterocycles. The van der Waals surface area contributed by atoms with Gasteiger partial charge in [-0.2, -0.15) is 0 Å². The minimum atomic E-state index is 0.648. The van der Waals surface area contributed by atoms with Gasteiger partial charge in [0.15, 0.2) is 0 Å². The molecule has 0 radical (unpaired) electrons. The second kappa shape index (κ2) is 6.25. The predicted octanol–water partition coefficient (Wildman–Crippen LogP) is 2.87. The van der Waals surface area contributed by atoms with Gasteiger partial charge in [-0.1, -0.05) is 43.3 Å². The van der Waals surface area contributed by atoms with E-state index in [1.54, 1.807) is 0 Å². The summed E-state index contributed by atoms with van der Waals surface area (Å²) in [5.41, 5.74) is 15.4. The maximum absolute atomic E-state index is 5.85. The first kappa shape index (κ1) is 13.4. The number of hydrogen-bond acceptors (Lipinski definition) is 3. The van der Waals surface area contributed by atoms with Crippen LogP contribution in [0.25, 0.3) is 0 Å². The van der Waals surface area contributed by atoms with Crippen molar-refractivity contribution >= 4 is 11.4 Å². The molecule has 0 aliphatic rings. The smallest absolute Gasteiger partial charge is 0.0551 e. The van der Waals surface area contributed by atoms with Crippen molar-refractivity contribution in [1.29, 1.82) is 0 Å². The molecule has 2 aromatic rings. The third kappa shape index (κ3) is 3.73. The van der Waals surface area contributed by atoms with E-state index in [-0.39, 0.29) is 0 Å². The van der Waals surface area contributed by atoms with E-state index in [1.165, 1.54) is 11.1 Å². The van der Waals surface area contributed by atoms with Crippen LogP contribution in [0.4, 0.5) is 11.4 Å². The first-order chi connectivity index (χ1) is 9.19. The van der Waals surface area contributed by atoms with Gasteiger partial charge < -0.3 is 11.5 Å². The molecule has 0 atom stereocenters. The maximum Gasteiger partial charge on any atom is 0.0551 e. The van der Waals surface area contributed by atoms with Crippen LogP contribution >= 0.6 is 0 Å². The molecule has 3 heteroatoms. The van der Waals surface area contributed by atoms with Crippen molar-refractivity contribution in [2.24, 2.45) is 0 Å². The molecule has 0 aliphatic heterocycles. The largest absolute Gasteiger partial charge is 0.397 e. The first-order valence-corrected chi connectivity index (χ1v) is 6.59. The van der Waals surface area contributed by atoms with Crippen LogP contribution in [0.5, 0.6) is 0 Å². The van der Waals surface area contributed by atoms with Crippen LogP contribution in [0.1, 0.15) is 18.1 Å². The Kier molecular flexibility index (Phi) is 4.42. The van der Waals surface area contributed by atoms with E-state index >= 15 is 0 Å². The molecule has 0 aliphatic carbocycles. The van der Waals surface area contributed by atoms with Crippen LogP contribution in [-0.2, 0) is 13.1 Å². The van der Waals surface area contributed by atoms with Gasteiger partial charge in [0, 0.05) is 13.1 Å². The average molecular weight is 255 g/mol. The molecule has 0 aromatic heterocycles. The third-order valence-corrected chi connectivity index (χ3v) is 3.25. The van der Waals surface area contributed by atoms with Crippen LogP contribution in [0.2, 0.25) is 0 Å². The lowest BCUT2D eigenvalue weighted by Crippen LogP contribution is -2.22. The van der Waals surface area contributed by atoms with Crippen molar-refractivity contribution in [3.63, 3.8) is 0 Å². The molecular weight excluding hydrogens is 234 g/mol. The highest BCUT2D eigenvalue weighted by Gasteiger charge is 2.06. The molecule has 0 saturated heterocycles. The Morgan fingerprint density at radius 3 is 2.16 bits per heavy atom. The van der Waals surface area contributed by atoms with Gasteiger partial charge in [-0.05, 0) is 29.8 Å². The SMILES string of the molecule is CCN(Cc1ccccc1)Cc1ccc(N)c(N)c1. The summed E-state index contributed by atoms with van der Waals surface area (Å²) in [6.07, 6.45) is 0. The van der Waals surface area contributed by atoms with E-state index < -0.39 is 0 Å². The predicted molar refractivity (Wildman–Crippen MR) is 81.5 cm³/mol. The van der Waals surface area contributed by atoms with Crippen molar-refractivity contribution in [2.45, 2.75) is 20.0 Å². The number of nitrogens with zero attached hydrogens (tertiary/aromatic N) is 1. The van der Waals surface area contributed by atoms with Gasteiger partial charge in [0.25, 0.3) is 0 Å². The van der Waals surface area contributed by atoms with Gasteiger partial charge in [0.05, 0.1) is 11.4 Å². The summed E-state index contributed by atoms with van der Waals surface area (Å²) in [6.45, 7) is 5.00. The van der Waals surface area contributed by atoms with Gasteiger partial charge in [0.1, 0.15) is 0 Å². The zero-order valence-corrected chi connectivity index (χ0v) is 11.3. The fourth-order valence-corrected chi connectivity index (χ4v) is 2.10.